The fraction of sp³-hybridized carbons (Fsp3) is 0.286. The molecule has 5 heteroatoms. The number of nitrogens with two attached hydrogens (primary N) is 1. The van der Waals surface area contributed by atoms with Crippen molar-refractivity contribution in [3.63, 3.8) is 0 Å². The van der Waals surface area contributed by atoms with Gasteiger partial charge in [-0.25, -0.2) is 0 Å². The quantitative estimate of drug-likeness (QED) is 0.908. The molecule has 0 unspecified atom stereocenters. The molecule has 0 radical (unpaired) electrons. The highest BCUT2D eigenvalue weighted by atomic mass is 16.3. The first kappa shape index (κ1) is 13.1. The van der Waals surface area contributed by atoms with E-state index in [0.29, 0.717) is 12.2 Å². The lowest BCUT2D eigenvalue weighted by atomic mass is 10.2. The van der Waals surface area contributed by atoms with Crippen molar-refractivity contribution < 1.29 is 9.21 Å². The van der Waals surface area contributed by atoms with Crippen molar-refractivity contribution in [3.05, 3.63) is 47.7 Å². The molecule has 0 aromatic carbocycles. The van der Waals surface area contributed by atoms with E-state index in [9.17, 15) is 4.79 Å². The predicted molar refractivity (Wildman–Crippen MR) is 72.3 cm³/mol. The van der Waals surface area contributed by atoms with Gasteiger partial charge in [0.05, 0.1) is 24.6 Å². The molecule has 2 heterocycles. The number of carbonyl (C=O) groups excluding carboxylic acids is 1. The van der Waals surface area contributed by atoms with Gasteiger partial charge in [-0.1, -0.05) is 0 Å². The van der Waals surface area contributed by atoms with E-state index in [-0.39, 0.29) is 12.3 Å². The fourth-order valence-electron chi connectivity index (χ4n) is 1.75. The molecule has 0 bridgehead atoms. The molecule has 0 aliphatic heterocycles. The smallest absolute Gasteiger partial charge is 0.228 e. The van der Waals surface area contributed by atoms with Gasteiger partial charge in [0.25, 0.3) is 0 Å². The Morgan fingerprint density at radius 3 is 2.79 bits per heavy atom. The maximum atomic E-state index is 12.1. The maximum absolute atomic E-state index is 12.1. The van der Waals surface area contributed by atoms with Crippen LogP contribution in [0.4, 0.5) is 5.69 Å². The Labute approximate surface area is 112 Å². The van der Waals surface area contributed by atoms with Crippen molar-refractivity contribution >= 4 is 11.6 Å². The monoisotopic (exact) mass is 259 g/mol. The number of aryl methyl sites for hydroxylation is 1. The third-order valence-corrected chi connectivity index (χ3v) is 2.98. The molecule has 0 saturated heterocycles. The summed E-state index contributed by atoms with van der Waals surface area (Å²) < 4.78 is 5.21. The van der Waals surface area contributed by atoms with Crippen LogP contribution < -0.4 is 5.73 Å². The van der Waals surface area contributed by atoms with Crippen LogP contribution in [-0.2, 0) is 17.8 Å². The van der Waals surface area contributed by atoms with Gasteiger partial charge in [0.2, 0.25) is 5.91 Å². The number of nitrogens with zero attached hydrogens (tertiary/aromatic N) is 2. The number of likely N-dealkylation sites (N-methyl/N-ethyl adjacent to an activating group) is 1. The lowest BCUT2D eigenvalue weighted by Crippen LogP contribution is -2.28. The van der Waals surface area contributed by atoms with Crippen LogP contribution in [0.1, 0.15) is 17.0 Å². The highest BCUT2D eigenvalue weighted by Crippen LogP contribution is 2.12. The van der Waals surface area contributed by atoms with Crippen LogP contribution in [0.25, 0.3) is 0 Å². The van der Waals surface area contributed by atoms with Gasteiger partial charge >= 0.3 is 0 Å². The van der Waals surface area contributed by atoms with Crippen molar-refractivity contribution in [1.82, 2.24) is 9.88 Å². The van der Waals surface area contributed by atoms with Gasteiger partial charge < -0.3 is 15.1 Å². The SMILES string of the molecule is Cc1occc1CN(C)C(=O)Cc1ccc(N)cn1. The number of hydrogen-bond acceptors (Lipinski definition) is 4. The van der Waals surface area contributed by atoms with Crippen LogP contribution in [0.3, 0.4) is 0 Å². The number of aromatic nitrogens is 1. The summed E-state index contributed by atoms with van der Waals surface area (Å²) in [7, 11) is 1.77. The zero-order chi connectivity index (χ0) is 13.8. The lowest BCUT2D eigenvalue weighted by Gasteiger charge is -2.16. The second kappa shape index (κ2) is 5.56. The highest BCUT2D eigenvalue weighted by molar-refractivity contribution is 5.78. The molecule has 2 N–H and O–H groups in total. The molecule has 0 fully saturated rings. The molecule has 1 amide bonds. The molecule has 0 spiro atoms. The molecule has 0 aliphatic carbocycles. The van der Waals surface area contributed by atoms with E-state index in [4.69, 9.17) is 10.2 Å². The minimum absolute atomic E-state index is 0.0119. The van der Waals surface area contributed by atoms with Crippen molar-refractivity contribution in [2.75, 3.05) is 12.8 Å². The van der Waals surface area contributed by atoms with Crippen molar-refractivity contribution in [3.8, 4) is 0 Å². The van der Waals surface area contributed by atoms with Gasteiger partial charge in [-0.2, -0.15) is 0 Å². The molecule has 0 aliphatic rings. The summed E-state index contributed by atoms with van der Waals surface area (Å²) >= 11 is 0. The van der Waals surface area contributed by atoms with Crippen LogP contribution in [0.5, 0.6) is 0 Å². The Morgan fingerprint density at radius 2 is 2.21 bits per heavy atom. The largest absolute Gasteiger partial charge is 0.469 e. The van der Waals surface area contributed by atoms with E-state index in [2.05, 4.69) is 4.98 Å². The normalized spacial score (nSPS) is 10.4. The Kier molecular flexibility index (Phi) is 3.85. The first-order valence-electron chi connectivity index (χ1n) is 6.03. The molecule has 19 heavy (non-hydrogen) atoms. The molecule has 100 valence electrons. The minimum Gasteiger partial charge on any atom is -0.469 e. The number of amides is 1. The summed E-state index contributed by atoms with van der Waals surface area (Å²) in [5.74, 6) is 0.850. The van der Waals surface area contributed by atoms with E-state index in [1.165, 1.54) is 0 Å². The number of anilines is 1. The first-order valence-corrected chi connectivity index (χ1v) is 6.03. The van der Waals surface area contributed by atoms with Gasteiger partial charge in [0, 0.05) is 24.8 Å². The van der Waals surface area contributed by atoms with Crippen molar-refractivity contribution in [1.29, 1.82) is 0 Å². The topological polar surface area (TPSA) is 72.4 Å². The fourth-order valence-corrected chi connectivity index (χ4v) is 1.75. The molecule has 2 rings (SSSR count). The Morgan fingerprint density at radius 1 is 1.42 bits per heavy atom. The summed E-state index contributed by atoms with van der Waals surface area (Å²) in [5.41, 5.74) is 7.88. The van der Waals surface area contributed by atoms with E-state index < -0.39 is 0 Å². The van der Waals surface area contributed by atoms with Crippen LogP contribution in [-0.4, -0.2) is 22.8 Å². The molecular formula is C14H17N3O2. The van der Waals surface area contributed by atoms with E-state index in [0.717, 1.165) is 17.0 Å². The summed E-state index contributed by atoms with van der Waals surface area (Å²) in [5, 5.41) is 0. The Bertz CT molecular complexity index is 560. The van der Waals surface area contributed by atoms with Gasteiger partial charge in [-0.05, 0) is 25.1 Å². The second-order valence-corrected chi connectivity index (χ2v) is 4.51. The van der Waals surface area contributed by atoms with Gasteiger partial charge in [-0.15, -0.1) is 0 Å². The highest BCUT2D eigenvalue weighted by Gasteiger charge is 2.12. The zero-order valence-corrected chi connectivity index (χ0v) is 11.1. The average molecular weight is 259 g/mol. The van der Waals surface area contributed by atoms with E-state index in [1.54, 1.807) is 36.5 Å². The third kappa shape index (κ3) is 3.34. The molecule has 0 atom stereocenters. The zero-order valence-electron chi connectivity index (χ0n) is 11.1. The van der Waals surface area contributed by atoms with Crippen LogP contribution >= 0.6 is 0 Å². The number of carbonyl (C=O) groups is 1. The summed E-state index contributed by atoms with van der Waals surface area (Å²) in [4.78, 5) is 17.8. The summed E-state index contributed by atoms with van der Waals surface area (Å²) in [6.45, 7) is 2.42. The molecular weight excluding hydrogens is 242 g/mol. The maximum Gasteiger partial charge on any atom is 0.228 e. The minimum atomic E-state index is 0.0119. The second-order valence-electron chi connectivity index (χ2n) is 4.51. The standard InChI is InChI=1S/C14H17N3O2/c1-10-11(5-6-19-10)9-17(2)14(18)7-13-4-3-12(15)8-16-13/h3-6,8H,7,9,15H2,1-2H3. The van der Waals surface area contributed by atoms with Crippen molar-refractivity contribution in [2.45, 2.75) is 19.9 Å². The first-order chi connectivity index (χ1) is 9.06. The van der Waals surface area contributed by atoms with E-state index >= 15 is 0 Å². The van der Waals surface area contributed by atoms with Crippen molar-refractivity contribution in [2.24, 2.45) is 0 Å². The lowest BCUT2D eigenvalue weighted by molar-refractivity contribution is -0.129. The molecule has 5 nitrogen and oxygen atoms in total. The van der Waals surface area contributed by atoms with Gasteiger partial charge in [-0.3, -0.25) is 9.78 Å². The Hall–Kier alpha value is -2.30. The number of rotatable bonds is 4. The van der Waals surface area contributed by atoms with Crippen LogP contribution in [0.2, 0.25) is 0 Å². The third-order valence-electron chi connectivity index (χ3n) is 2.98. The molecule has 2 aromatic rings. The predicted octanol–water partition coefficient (Wildman–Crippen LogP) is 1.77. The van der Waals surface area contributed by atoms with Crippen LogP contribution in [0.15, 0.2) is 35.1 Å². The summed E-state index contributed by atoms with van der Waals surface area (Å²) in [6.07, 6.45) is 3.46. The average Bonchev–Trinajstić information content (AvgIpc) is 2.78. The van der Waals surface area contributed by atoms with Gasteiger partial charge in [0.1, 0.15) is 5.76 Å². The molecule has 2 aromatic heterocycles. The molecule has 0 saturated carbocycles. The number of furan rings is 1. The number of pyridine rings is 1. The Balaban J connectivity index is 1.96. The van der Waals surface area contributed by atoms with Gasteiger partial charge in [0.15, 0.2) is 0 Å². The summed E-state index contributed by atoms with van der Waals surface area (Å²) in [6, 6.07) is 5.39. The van der Waals surface area contributed by atoms with Crippen LogP contribution in [0, 0.1) is 6.92 Å². The van der Waals surface area contributed by atoms with E-state index in [1.807, 2.05) is 13.0 Å². The number of nitrogen functional groups attached to an aromatic ring is 1. The number of hydrogen-bond donors (Lipinski definition) is 1.